The van der Waals surface area contributed by atoms with Crippen LogP contribution in [0.15, 0.2) is 79.5 Å². The third-order valence-electron chi connectivity index (χ3n) is 4.23. The van der Waals surface area contributed by atoms with E-state index in [1.165, 1.54) is 27.4 Å². The van der Waals surface area contributed by atoms with Crippen molar-refractivity contribution in [3.8, 4) is 0 Å². The van der Waals surface area contributed by atoms with Gasteiger partial charge in [-0.05, 0) is 73.0 Å². The highest BCUT2D eigenvalue weighted by atomic mass is 80.0. The fraction of sp³-hybridized carbons (Fsp3) is 0. The number of H-pyrrole nitrogens is 1. The van der Waals surface area contributed by atoms with Gasteiger partial charge in [0.25, 0.3) is 3.25 Å². The second kappa shape index (κ2) is 14.7. The number of hydrogen-bond donors (Lipinski definition) is 2. The van der Waals surface area contributed by atoms with E-state index >= 15 is 0 Å². The molecule has 6 rings (SSSR count). The van der Waals surface area contributed by atoms with Crippen LogP contribution in [0.25, 0.3) is 30.6 Å². The fourth-order valence-electron chi connectivity index (χ4n) is 2.75. The summed E-state index contributed by atoms with van der Waals surface area (Å²) in [7, 11) is 0. The molecule has 0 aliphatic carbocycles. The largest absolute Gasteiger partial charge is 0.477 e. The van der Waals surface area contributed by atoms with Crippen LogP contribution in [0.1, 0.15) is 9.67 Å². The fourth-order valence-corrected chi connectivity index (χ4v) is 6.31. The van der Waals surface area contributed by atoms with E-state index in [0.29, 0.717) is 4.88 Å². The van der Waals surface area contributed by atoms with Gasteiger partial charge in [0.2, 0.25) is 0 Å². The van der Waals surface area contributed by atoms with E-state index in [0.717, 1.165) is 34.9 Å². The van der Waals surface area contributed by atoms with E-state index in [1.807, 2.05) is 29.0 Å². The van der Waals surface area contributed by atoms with Crippen LogP contribution in [0.5, 0.6) is 0 Å². The molecule has 6 aromatic heterocycles. The van der Waals surface area contributed by atoms with Crippen molar-refractivity contribution >= 4 is 152 Å². The Labute approximate surface area is 268 Å². The minimum atomic E-state index is -2.20. The molecular weight excluding hydrogens is 897 g/mol. The van der Waals surface area contributed by atoms with Crippen molar-refractivity contribution in [2.24, 2.45) is 0 Å². The SMILES string of the molecule is Brc1ccnc2ccsc12.O=C(O)c1cc2nccc(Br)c2s1.O=P(Br)(Br)Br.O=c1cc[nH]c2ccsc12. The van der Waals surface area contributed by atoms with Gasteiger partial charge in [-0.2, -0.15) is 0 Å². The molecule has 0 amide bonds. The predicted molar refractivity (Wildman–Crippen MR) is 178 cm³/mol. The number of nitrogens with one attached hydrogen (secondary N) is 1. The summed E-state index contributed by atoms with van der Waals surface area (Å²) in [6.07, 6.45) is 5.11. The molecule has 0 unspecified atom stereocenters. The van der Waals surface area contributed by atoms with E-state index < -0.39 is 9.22 Å². The zero-order valence-corrected chi connectivity index (χ0v) is 29.8. The molecule has 38 heavy (non-hydrogen) atoms. The van der Waals surface area contributed by atoms with Crippen molar-refractivity contribution < 1.29 is 14.5 Å². The average Bonchev–Trinajstić information content (AvgIpc) is 3.59. The topological polar surface area (TPSA) is 113 Å². The zero-order valence-electron chi connectivity index (χ0n) is 18.5. The second-order valence-electron chi connectivity index (χ2n) is 6.75. The first kappa shape index (κ1) is 31.8. The van der Waals surface area contributed by atoms with Crippen LogP contribution in [-0.2, 0) is 4.57 Å². The molecule has 0 atom stereocenters. The van der Waals surface area contributed by atoms with Gasteiger partial charge in [0.1, 0.15) is 4.88 Å². The molecule has 0 fully saturated rings. The number of fused-ring (bicyclic) bond motifs is 3. The maximum Gasteiger partial charge on any atom is 0.345 e. The summed E-state index contributed by atoms with van der Waals surface area (Å²) in [6.45, 7) is 0. The molecule has 0 saturated heterocycles. The summed E-state index contributed by atoms with van der Waals surface area (Å²) in [4.78, 5) is 33.2. The number of pyridine rings is 3. The van der Waals surface area contributed by atoms with Gasteiger partial charge in [-0.3, -0.25) is 19.3 Å². The van der Waals surface area contributed by atoms with Crippen molar-refractivity contribution in [2.45, 2.75) is 0 Å². The Kier molecular flexibility index (Phi) is 12.3. The lowest BCUT2D eigenvalue weighted by molar-refractivity contribution is 0.0702. The Morgan fingerprint density at radius 2 is 1.45 bits per heavy atom. The number of aromatic nitrogens is 3. The maximum absolute atomic E-state index is 11.0. The number of carboxylic acid groups (broad SMARTS) is 1. The Morgan fingerprint density at radius 1 is 0.868 bits per heavy atom. The summed E-state index contributed by atoms with van der Waals surface area (Å²) in [5.41, 5.74) is 2.82. The van der Waals surface area contributed by atoms with Gasteiger partial charge < -0.3 is 10.1 Å². The molecule has 7 nitrogen and oxygen atoms in total. The highest BCUT2D eigenvalue weighted by Gasteiger charge is 2.10. The molecule has 16 heteroatoms. The van der Waals surface area contributed by atoms with E-state index in [2.05, 4.69) is 93.3 Å². The van der Waals surface area contributed by atoms with E-state index in [1.54, 1.807) is 48.1 Å². The van der Waals surface area contributed by atoms with Crippen LogP contribution < -0.4 is 5.43 Å². The van der Waals surface area contributed by atoms with Gasteiger partial charge in [-0.15, -0.1) is 34.0 Å². The van der Waals surface area contributed by atoms with Crippen LogP contribution in [0.3, 0.4) is 0 Å². The smallest absolute Gasteiger partial charge is 0.345 e. The number of carbonyl (C=O) groups is 1. The summed E-state index contributed by atoms with van der Waals surface area (Å²) >= 11 is 19.5. The maximum atomic E-state index is 11.0. The zero-order chi connectivity index (χ0) is 27.9. The third-order valence-corrected chi connectivity index (χ3v) is 9.09. The second-order valence-corrected chi connectivity index (χ2v) is 29.7. The molecule has 0 aliphatic rings. The first-order valence-electron chi connectivity index (χ1n) is 9.93. The standard InChI is InChI=1S/C8H4BrNO2S.C7H4BrNS.C7H5NOS.Br3OP/c9-4-1-2-10-5-3-6(8(11)12)13-7(4)5;8-5-1-3-9-6-2-4-10-7(5)6;9-6-1-3-8-5-2-4-10-7(5)6;1-5(2,3)4/h1-3H,(H,11,12);1-4H;1-4H,(H,8,9);. The molecule has 6 aromatic rings. The van der Waals surface area contributed by atoms with Crippen LogP contribution in [0.4, 0.5) is 0 Å². The first-order valence-corrected chi connectivity index (χ1v) is 21.9. The predicted octanol–water partition coefficient (Wildman–Crippen LogP) is 10.7. The van der Waals surface area contributed by atoms with Crippen molar-refractivity contribution in [1.29, 1.82) is 0 Å². The molecule has 2 N–H and O–H groups in total. The lowest BCUT2D eigenvalue weighted by Gasteiger charge is -1.89. The molecule has 0 aromatic carbocycles. The van der Waals surface area contributed by atoms with Gasteiger partial charge in [-0.25, -0.2) is 4.79 Å². The van der Waals surface area contributed by atoms with Crippen LogP contribution >= 0.6 is 116 Å². The summed E-state index contributed by atoms with van der Waals surface area (Å²) in [5, 5.41) is 12.7. The molecular formula is C22H13Br5N3O4PS3. The summed E-state index contributed by atoms with van der Waals surface area (Å²) in [6, 6.07) is 10.8. The first-order chi connectivity index (χ1) is 17.9. The van der Waals surface area contributed by atoms with Crippen LogP contribution in [-0.4, -0.2) is 26.0 Å². The Balaban J connectivity index is 0.000000147. The van der Waals surface area contributed by atoms with Gasteiger partial charge in [0.05, 0.1) is 30.6 Å². The highest BCUT2D eigenvalue weighted by Crippen LogP contribution is 2.68. The average molecular weight is 910 g/mol. The van der Waals surface area contributed by atoms with Gasteiger partial charge in [-0.1, -0.05) is 0 Å². The van der Waals surface area contributed by atoms with E-state index in [-0.39, 0.29) is 5.43 Å². The number of rotatable bonds is 1. The number of thiophene rings is 3. The Hall–Kier alpha value is -0.770. The molecule has 0 aliphatic heterocycles. The number of carboxylic acids is 1. The summed E-state index contributed by atoms with van der Waals surface area (Å²) < 4.78 is 12.7. The Morgan fingerprint density at radius 3 is 2.03 bits per heavy atom. The van der Waals surface area contributed by atoms with Crippen LogP contribution in [0.2, 0.25) is 0 Å². The monoisotopic (exact) mass is 905 g/mol. The quantitative estimate of drug-likeness (QED) is 0.159. The normalized spacial score (nSPS) is 10.7. The van der Waals surface area contributed by atoms with E-state index in [9.17, 15) is 14.2 Å². The molecule has 0 spiro atoms. The third kappa shape index (κ3) is 9.70. The number of aromatic carboxylic acids is 1. The summed E-state index contributed by atoms with van der Waals surface area (Å²) in [5.74, 6) is -0.907. The lowest BCUT2D eigenvalue weighted by Crippen LogP contribution is -1.95. The molecule has 198 valence electrons. The van der Waals surface area contributed by atoms with Crippen molar-refractivity contribution in [3.05, 3.63) is 89.8 Å². The number of nitrogens with zero attached hydrogens (tertiary/aromatic N) is 2. The molecule has 0 saturated carbocycles. The number of hydrogen-bond acceptors (Lipinski definition) is 8. The minimum Gasteiger partial charge on any atom is -0.477 e. The van der Waals surface area contributed by atoms with Gasteiger partial charge >= 0.3 is 5.97 Å². The van der Waals surface area contributed by atoms with Crippen molar-refractivity contribution in [2.75, 3.05) is 0 Å². The van der Waals surface area contributed by atoms with Gasteiger partial charge in [0, 0.05) is 80.1 Å². The number of aromatic amines is 1. The highest BCUT2D eigenvalue weighted by molar-refractivity contribution is 9.94. The van der Waals surface area contributed by atoms with Crippen LogP contribution in [0, 0.1) is 0 Å². The molecule has 0 bridgehead atoms. The van der Waals surface area contributed by atoms with Crippen molar-refractivity contribution in [1.82, 2.24) is 15.0 Å². The number of halogens is 5. The van der Waals surface area contributed by atoms with Crippen molar-refractivity contribution in [3.63, 3.8) is 0 Å². The Bertz CT molecular complexity index is 1790. The lowest BCUT2D eigenvalue weighted by atomic mass is 10.4. The van der Waals surface area contributed by atoms with E-state index in [4.69, 9.17) is 5.11 Å². The molecule has 6 heterocycles. The molecule has 0 radical (unpaired) electrons. The van der Waals surface area contributed by atoms with Gasteiger partial charge in [0.15, 0.2) is 5.43 Å². The minimum absolute atomic E-state index is 0.101.